The van der Waals surface area contributed by atoms with Gasteiger partial charge in [0.05, 0.1) is 0 Å². The van der Waals surface area contributed by atoms with Gasteiger partial charge in [-0.25, -0.2) is 19.8 Å². The smallest absolute Gasteiger partial charge is 0.382 e. The summed E-state index contributed by atoms with van der Waals surface area (Å²) in [5.74, 6) is 0.958. The molecule has 0 saturated carbocycles. The highest BCUT2D eigenvalue weighted by atomic mass is 32.2. The predicted molar refractivity (Wildman–Crippen MR) is 116 cm³/mol. The van der Waals surface area contributed by atoms with Gasteiger partial charge in [0.15, 0.2) is 34.5 Å². The standard InChI is InChI=1S/C18H20BN5O5PS/c1-26-14-13-11(7-27-30(19,25)29-13)28-17(14)24-16-12(15(20)21-9-22-16)23-18(24)31-8-10-5-3-2-4-6-10/h2-6,9,11,13-14,17,25H,7-8H2,1H3,(H2,20,21,22)/q+1/t11-,13-,14?,17-,30?/m1/s1. The van der Waals surface area contributed by atoms with Gasteiger partial charge in [0.1, 0.15) is 25.1 Å². The molecule has 1 aromatic carbocycles. The van der Waals surface area contributed by atoms with Gasteiger partial charge in [0.2, 0.25) is 0 Å². The van der Waals surface area contributed by atoms with Crippen LogP contribution in [0.1, 0.15) is 11.8 Å². The Hall–Kier alpha value is -1.79. The minimum absolute atomic E-state index is 0.0953. The largest absolute Gasteiger partial charge is 0.488 e. The topological polar surface area (TPSA) is 127 Å². The lowest BCUT2D eigenvalue weighted by Crippen LogP contribution is -2.41. The Labute approximate surface area is 184 Å². The van der Waals surface area contributed by atoms with E-state index in [9.17, 15) is 4.89 Å². The molecule has 10 nitrogen and oxygen atoms in total. The van der Waals surface area contributed by atoms with E-state index >= 15 is 0 Å². The summed E-state index contributed by atoms with van der Waals surface area (Å²) in [7, 11) is 3.85. The second-order valence-corrected chi connectivity index (χ2v) is 9.70. The van der Waals surface area contributed by atoms with Crippen molar-refractivity contribution in [2.24, 2.45) is 0 Å². The van der Waals surface area contributed by atoms with E-state index in [-0.39, 0.29) is 12.4 Å². The molecule has 160 valence electrons. The number of aromatic nitrogens is 4. The number of fused-ring (bicyclic) bond motifs is 2. The van der Waals surface area contributed by atoms with E-state index in [4.69, 9.17) is 31.8 Å². The minimum Gasteiger partial charge on any atom is -0.382 e. The van der Waals surface area contributed by atoms with Gasteiger partial charge in [-0.15, -0.1) is 0 Å². The first-order chi connectivity index (χ1) is 15.0. The van der Waals surface area contributed by atoms with Crippen molar-refractivity contribution in [3.63, 3.8) is 0 Å². The lowest BCUT2D eigenvalue weighted by Gasteiger charge is -2.29. The fourth-order valence-electron chi connectivity index (χ4n) is 3.77. The van der Waals surface area contributed by atoms with Gasteiger partial charge < -0.3 is 15.2 Å². The van der Waals surface area contributed by atoms with Crippen molar-refractivity contribution >= 4 is 44.1 Å². The Morgan fingerprint density at radius 1 is 1.35 bits per heavy atom. The van der Waals surface area contributed by atoms with E-state index in [1.165, 1.54) is 18.1 Å². The molecule has 2 fully saturated rings. The number of nitrogen functional groups attached to an aromatic ring is 1. The van der Waals surface area contributed by atoms with E-state index in [1.807, 2.05) is 34.9 Å². The normalized spacial score (nSPS) is 30.5. The Bertz CT molecular complexity index is 1090. The molecule has 13 heteroatoms. The van der Waals surface area contributed by atoms with Gasteiger partial charge in [0.25, 0.3) is 0 Å². The van der Waals surface area contributed by atoms with Crippen molar-refractivity contribution in [1.29, 1.82) is 0 Å². The zero-order valence-corrected chi connectivity index (χ0v) is 18.3. The maximum Gasteiger partial charge on any atom is 0.488 e. The van der Waals surface area contributed by atoms with Crippen LogP contribution in [-0.4, -0.2) is 64.0 Å². The van der Waals surface area contributed by atoms with Gasteiger partial charge in [0, 0.05) is 12.9 Å². The monoisotopic (exact) mass is 460 g/mol. The summed E-state index contributed by atoms with van der Waals surface area (Å²) < 4.78 is 24.6. The molecule has 0 amide bonds. The molecular formula is C18H20BN5O5PS+. The molecule has 2 aliphatic rings. The average molecular weight is 460 g/mol. The Morgan fingerprint density at radius 3 is 2.94 bits per heavy atom. The van der Waals surface area contributed by atoms with Crippen molar-refractivity contribution in [2.75, 3.05) is 19.5 Å². The summed E-state index contributed by atoms with van der Waals surface area (Å²) in [5.41, 5.74) is 8.21. The molecule has 2 radical (unpaired) electrons. The van der Waals surface area contributed by atoms with Crippen molar-refractivity contribution in [3.05, 3.63) is 42.2 Å². The van der Waals surface area contributed by atoms with Crippen LogP contribution in [0.3, 0.4) is 0 Å². The van der Waals surface area contributed by atoms with Crippen molar-refractivity contribution in [2.45, 2.75) is 35.4 Å². The number of imidazole rings is 1. The van der Waals surface area contributed by atoms with Gasteiger partial charge in [-0.05, 0) is 5.56 Å². The quantitative estimate of drug-likeness (QED) is 0.331. The van der Waals surface area contributed by atoms with Crippen LogP contribution >= 0.6 is 19.6 Å². The van der Waals surface area contributed by atoms with Crippen LogP contribution in [0.4, 0.5) is 5.82 Å². The molecule has 5 atom stereocenters. The molecule has 0 bridgehead atoms. The Morgan fingerprint density at radius 2 is 2.16 bits per heavy atom. The first-order valence-corrected chi connectivity index (χ1v) is 12.2. The molecule has 3 N–H and O–H groups in total. The fraction of sp³-hybridized carbons (Fsp3) is 0.389. The highest BCUT2D eigenvalue weighted by molar-refractivity contribution is 7.98. The third-order valence-electron chi connectivity index (χ3n) is 5.19. The molecule has 2 aliphatic heterocycles. The molecular weight excluding hydrogens is 440 g/mol. The summed E-state index contributed by atoms with van der Waals surface area (Å²) in [4.78, 5) is 23.2. The SMILES string of the molecule is [B][P+]1(O)OC[C@H]2O[C@@H](n3c(SCc4ccccc4)nc4c(N)ncnc43)C(OC)[C@@H]2O1. The lowest BCUT2D eigenvalue weighted by molar-refractivity contribution is -0.0648. The summed E-state index contributed by atoms with van der Waals surface area (Å²) in [6.45, 7) is 0.0953. The third-order valence-corrected chi connectivity index (χ3v) is 7.28. The van der Waals surface area contributed by atoms with E-state index in [0.717, 1.165) is 5.56 Å². The molecule has 4 heterocycles. The second kappa shape index (κ2) is 8.29. The molecule has 0 aliphatic carbocycles. The number of ether oxygens (including phenoxy) is 2. The Balaban J connectivity index is 1.54. The fourth-order valence-corrected chi connectivity index (χ4v) is 5.77. The van der Waals surface area contributed by atoms with Crippen LogP contribution < -0.4 is 5.73 Å². The summed E-state index contributed by atoms with van der Waals surface area (Å²) in [6, 6.07) is 10.0. The average Bonchev–Trinajstić information content (AvgIpc) is 3.30. The number of benzene rings is 1. The predicted octanol–water partition coefficient (Wildman–Crippen LogP) is 1.87. The molecule has 2 unspecified atom stereocenters. The highest BCUT2D eigenvalue weighted by Crippen LogP contribution is 2.59. The summed E-state index contributed by atoms with van der Waals surface area (Å²) in [5, 5.41) is 0.649. The van der Waals surface area contributed by atoms with Gasteiger partial charge in [-0.3, -0.25) is 4.57 Å². The van der Waals surface area contributed by atoms with E-state index in [2.05, 4.69) is 15.0 Å². The molecule has 31 heavy (non-hydrogen) atoms. The van der Waals surface area contributed by atoms with Crippen molar-refractivity contribution in [3.8, 4) is 0 Å². The number of methoxy groups -OCH3 is 1. The maximum absolute atomic E-state index is 10.1. The summed E-state index contributed by atoms with van der Waals surface area (Å²) >= 11 is 1.52. The third kappa shape index (κ3) is 3.93. The minimum atomic E-state index is -3.42. The number of rotatable bonds is 5. The number of thioether (sulfide) groups is 1. The van der Waals surface area contributed by atoms with Gasteiger partial charge in [-0.2, -0.15) is 9.05 Å². The van der Waals surface area contributed by atoms with E-state index < -0.39 is 32.4 Å². The first-order valence-electron chi connectivity index (χ1n) is 9.53. The first kappa shape index (κ1) is 21.1. The molecule has 2 aromatic heterocycles. The zero-order chi connectivity index (χ0) is 21.6. The van der Waals surface area contributed by atoms with Crippen LogP contribution in [-0.2, 0) is 24.3 Å². The molecule has 5 rings (SSSR count). The molecule has 3 aromatic rings. The van der Waals surface area contributed by atoms with Crippen LogP contribution in [0.25, 0.3) is 11.2 Å². The number of anilines is 1. The van der Waals surface area contributed by atoms with Crippen molar-refractivity contribution < 1.29 is 23.4 Å². The number of nitrogens with zero attached hydrogens (tertiary/aromatic N) is 4. The number of hydrogen-bond acceptors (Lipinski definition) is 10. The van der Waals surface area contributed by atoms with Gasteiger partial charge >= 0.3 is 15.4 Å². The second-order valence-electron chi connectivity index (χ2n) is 7.17. The van der Waals surface area contributed by atoms with E-state index in [1.54, 1.807) is 7.11 Å². The molecule has 0 spiro atoms. The Kier molecular flexibility index (Phi) is 5.64. The maximum atomic E-state index is 10.1. The lowest BCUT2D eigenvalue weighted by atomic mass is 10.1. The number of hydrogen-bond donors (Lipinski definition) is 2. The van der Waals surface area contributed by atoms with Crippen LogP contribution in [0.15, 0.2) is 41.8 Å². The van der Waals surface area contributed by atoms with Crippen LogP contribution in [0.2, 0.25) is 0 Å². The van der Waals surface area contributed by atoms with Crippen LogP contribution in [0, 0.1) is 0 Å². The molecule has 2 saturated heterocycles. The highest BCUT2D eigenvalue weighted by Gasteiger charge is 2.58. The number of nitrogens with two attached hydrogens (primary N) is 1. The van der Waals surface area contributed by atoms with Crippen LogP contribution in [0.5, 0.6) is 0 Å². The van der Waals surface area contributed by atoms with Gasteiger partial charge in [-0.1, -0.05) is 42.1 Å². The zero-order valence-electron chi connectivity index (χ0n) is 16.6. The summed E-state index contributed by atoms with van der Waals surface area (Å²) in [6.07, 6.45) is -0.902. The van der Waals surface area contributed by atoms with Crippen molar-refractivity contribution in [1.82, 2.24) is 19.5 Å². The van der Waals surface area contributed by atoms with E-state index in [0.29, 0.717) is 22.1 Å².